The maximum atomic E-state index is 14.3. The normalized spacial score (nSPS) is 31.7. The number of anilines is 1. The Bertz CT molecular complexity index is 636. The van der Waals surface area contributed by atoms with E-state index >= 15 is 0 Å². The Morgan fingerprint density at radius 1 is 1.32 bits per heavy atom. The van der Waals surface area contributed by atoms with E-state index in [9.17, 15) is 17.6 Å². The molecule has 0 radical (unpaired) electrons. The highest BCUT2D eigenvalue weighted by Crippen LogP contribution is 2.55. The SMILES string of the molecule is NC1=NC[C@H]2[C@@H](C(F)(F)F)OC[C@]2(c2cc(N)ccc2F)S1. The number of rotatable bonds is 1. The monoisotopic (exact) mass is 335 g/mol. The average Bonchev–Trinajstić information content (AvgIpc) is 2.80. The van der Waals surface area contributed by atoms with Crippen LogP contribution in [-0.2, 0) is 9.48 Å². The number of benzene rings is 1. The first kappa shape index (κ1) is 15.4. The second-order valence-corrected chi connectivity index (χ2v) is 6.64. The molecule has 0 saturated carbocycles. The molecule has 0 aliphatic carbocycles. The molecule has 1 fully saturated rings. The number of nitrogens with two attached hydrogens (primary N) is 2. The lowest BCUT2D eigenvalue weighted by molar-refractivity contribution is -0.215. The van der Waals surface area contributed by atoms with Gasteiger partial charge in [0.25, 0.3) is 0 Å². The van der Waals surface area contributed by atoms with Crippen LogP contribution < -0.4 is 11.5 Å². The van der Waals surface area contributed by atoms with E-state index in [0.717, 1.165) is 17.8 Å². The molecular formula is C13H13F4N3OS. The van der Waals surface area contributed by atoms with E-state index in [1.165, 1.54) is 12.1 Å². The summed E-state index contributed by atoms with van der Waals surface area (Å²) in [5.41, 5.74) is 11.7. The Hall–Kier alpha value is -1.48. The van der Waals surface area contributed by atoms with Gasteiger partial charge in [0.05, 0.1) is 11.4 Å². The summed E-state index contributed by atoms with van der Waals surface area (Å²) in [6.07, 6.45) is -6.55. The molecule has 4 nitrogen and oxygen atoms in total. The number of fused-ring (bicyclic) bond motifs is 1. The van der Waals surface area contributed by atoms with Gasteiger partial charge in [-0.2, -0.15) is 13.2 Å². The van der Waals surface area contributed by atoms with Gasteiger partial charge < -0.3 is 16.2 Å². The highest BCUT2D eigenvalue weighted by Gasteiger charge is 2.62. The van der Waals surface area contributed by atoms with Crippen molar-refractivity contribution in [2.24, 2.45) is 16.6 Å². The van der Waals surface area contributed by atoms with E-state index in [1.54, 1.807) is 0 Å². The first-order chi connectivity index (χ1) is 10.2. The molecule has 3 atom stereocenters. The minimum Gasteiger partial charge on any atom is -0.399 e. The molecule has 22 heavy (non-hydrogen) atoms. The van der Waals surface area contributed by atoms with Crippen LogP contribution in [0.3, 0.4) is 0 Å². The molecule has 0 spiro atoms. The van der Waals surface area contributed by atoms with Crippen molar-refractivity contribution in [3.05, 3.63) is 29.6 Å². The number of halogens is 4. The molecule has 120 valence electrons. The maximum Gasteiger partial charge on any atom is 0.415 e. The molecule has 0 bridgehead atoms. The van der Waals surface area contributed by atoms with E-state index in [2.05, 4.69) is 4.99 Å². The second-order valence-electron chi connectivity index (χ2n) is 5.29. The van der Waals surface area contributed by atoms with Crippen LogP contribution in [0.15, 0.2) is 23.2 Å². The zero-order valence-corrected chi connectivity index (χ0v) is 12.0. The van der Waals surface area contributed by atoms with Crippen molar-refractivity contribution >= 4 is 22.6 Å². The Morgan fingerprint density at radius 3 is 2.73 bits per heavy atom. The van der Waals surface area contributed by atoms with Crippen LogP contribution in [0.25, 0.3) is 0 Å². The molecule has 0 unspecified atom stereocenters. The predicted molar refractivity (Wildman–Crippen MR) is 75.9 cm³/mol. The largest absolute Gasteiger partial charge is 0.415 e. The smallest absolute Gasteiger partial charge is 0.399 e. The van der Waals surface area contributed by atoms with Gasteiger partial charge in [-0.15, -0.1) is 0 Å². The fraction of sp³-hybridized carbons (Fsp3) is 0.462. The third kappa shape index (κ3) is 2.32. The molecule has 4 N–H and O–H groups in total. The van der Waals surface area contributed by atoms with Crippen molar-refractivity contribution in [1.29, 1.82) is 0 Å². The quantitative estimate of drug-likeness (QED) is 0.610. The standard InChI is InChI=1S/C13H13F4N3OS/c14-9-2-1-6(18)3-7(9)12-5-21-10(13(15,16)17)8(12)4-20-11(19)22-12/h1-3,8,10H,4-5,18H2,(H2,19,20)/t8-,10-,12+/m0/s1. The minimum absolute atomic E-state index is 0.0760. The summed E-state index contributed by atoms with van der Waals surface area (Å²) in [7, 11) is 0. The molecule has 2 aliphatic rings. The molecule has 2 aliphatic heterocycles. The molecule has 1 aromatic rings. The van der Waals surface area contributed by atoms with Crippen molar-refractivity contribution in [3.8, 4) is 0 Å². The second kappa shape index (κ2) is 5.02. The summed E-state index contributed by atoms with van der Waals surface area (Å²) < 4.78 is 57.4. The Labute approximate surface area is 127 Å². The van der Waals surface area contributed by atoms with Gasteiger partial charge in [-0.25, -0.2) is 4.39 Å². The Kier molecular flexibility index (Phi) is 3.52. The van der Waals surface area contributed by atoms with Crippen LogP contribution in [-0.4, -0.2) is 30.6 Å². The average molecular weight is 335 g/mol. The zero-order valence-electron chi connectivity index (χ0n) is 11.2. The van der Waals surface area contributed by atoms with Gasteiger partial charge in [0.1, 0.15) is 5.82 Å². The third-order valence-electron chi connectivity index (χ3n) is 3.94. The summed E-state index contributed by atoms with van der Waals surface area (Å²) >= 11 is 0.907. The summed E-state index contributed by atoms with van der Waals surface area (Å²) in [5, 5.41) is 0.115. The van der Waals surface area contributed by atoms with Gasteiger partial charge in [-0.1, -0.05) is 11.8 Å². The van der Waals surface area contributed by atoms with Crippen molar-refractivity contribution in [1.82, 2.24) is 0 Å². The summed E-state index contributed by atoms with van der Waals surface area (Å²) in [6.45, 7) is -0.472. The van der Waals surface area contributed by atoms with Crippen LogP contribution in [0.4, 0.5) is 23.2 Å². The van der Waals surface area contributed by atoms with Crippen LogP contribution >= 0.6 is 11.8 Å². The van der Waals surface area contributed by atoms with E-state index in [0.29, 0.717) is 0 Å². The number of ether oxygens (including phenoxy) is 1. The lowest BCUT2D eigenvalue weighted by atomic mass is 9.83. The number of amidine groups is 1. The summed E-state index contributed by atoms with van der Waals surface area (Å²) in [6, 6.07) is 3.84. The molecule has 1 saturated heterocycles. The highest BCUT2D eigenvalue weighted by atomic mass is 32.2. The lowest BCUT2D eigenvalue weighted by Gasteiger charge is -2.37. The molecule has 0 amide bonds. The number of hydrogen-bond donors (Lipinski definition) is 2. The van der Waals surface area contributed by atoms with Crippen molar-refractivity contribution in [3.63, 3.8) is 0 Å². The molecule has 3 rings (SSSR count). The molecule has 0 aromatic heterocycles. The molecule has 9 heteroatoms. The van der Waals surface area contributed by atoms with Gasteiger partial charge in [0, 0.05) is 23.7 Å². The van der Waals surface area contributed by atoms with E-state index < -0.39 is 28.8 Å². The van der Waals surface area contributed by atoms with Crippen LogP contribution in [0.5, 0.6) is 0 Å². The number of nitrogen functional groups attached to an aromatic ring is 1. The molecule has 2 heterocycles. The topological polar surface area (TPSA) is 73.6 Å². The summed E-state index contributed by atoms with van der Waals surface area (Å²) in [4.78, 5) is 3.88. The van der Waals surface area contributed by atoms with E-state index in [-0.39, 0.29) is 29.6 Å². The number of nitrogens with zero attached hydrogens (tertiary/aromatic N) is 1. The first-order valence-electron chi connectivity index (χ1n) is 6.47. The maximum absolute atomic E-state index is 14.3. The highest BCUT2D eigenvalue weighted by molar-refractivity contribution is 8.14. The fourth-order valence-corrected chi connectivity index (χ4v) is 4.21. The first-order valence-corrected chi connectivity index (χ1v) is 7.28. The summed E-state index contributed by atoms with van der Waals surface area (Å²) in [5.74, 6) is -1.69. The number of aliphatic imine (C=N–C) groups is 1. The number of hydrogen-bond acceptors (Lipinski definition) is 5. The van der Waals surface area contributed by atoms with Crippen molar-refractivity contribution in [2.45, 2.75) is 17.0 Å². The predicted octanol–water partition coefficient (Wildman–Crippen LogP) is 2.24. The number of thioether (sulfide) groups is 1. The van der Waals surface area contributed by atoms with Gasteiger partial charge in [-0.3, -0.25) is 4.99 Å². The van der Waals surface area contributed by atoms with Gasteiger partial charge >= 0.3 is 6.18 Å². The molecule has 1 aromatic carbocycles. The number of alkyl halides is 3. The van der Waals surface area contributed by atoms with Gasteiger partial charge in [0.2, 0.25) is 0 Å². The fourth-order valence-electron chi connectivity index (χ4n) is 2.96. The zero-order chi connectivity index (χ0) is 16.1. The van der Waals surface area contributed by atoms with Crippen molar-refractivity contribution in [2.75, 3.05) is 18.9 Å². The lowest BCUT2D eigenvalue weighted by Crippen LogP contribution is -2.45. The van der Waals surface area contributed by atoms with Crippen LogP contribution in [0.1, 0.15) is 5.56 Å². The Balaban J connectivity index is 2.12. The van der Waals surface area contributed by atoms with Gasteiger partial charge in [-0.05, 0) is 18.2 Å². The third-order valence-corrected chi connectivity index (χ3v) is 5.28. The Morgan fingerprint density at radius 2 is 2.05 bits per heavy atom. The van der Waals surface area contributed by atoms with Crippen LogP contribution in [0, 0.1) is 11.7 Å². The van der Waals surface area contributed by atoms with E-state index in [4.69, 9.17) is 16.2 Å². The van der Waals surface area contributed by atoms with Gasteiger partial charge in [0.15, 0.2) is 11.3 Å². The minimum atomic E-state index is -4.55. The molecular weight excluding hydrogens is 322 g/mol. The van der Waals surface area contributed by atoms with Crippen molar-refractivity contribution < 1.29 is 22.3 Å². The van der Waals surface area contributed by atoms with Crippen LogP contribution in [0.2, 0.25) is 0 Å². The van der Waals surface area contributed by atoms with E-state index in [1.807, 2.05) is 0 Å².